The molecule has 1 saturated heterocycles. The van der Waals surface area contributed by atoms with Gasteiger partial charge in [-0.2, -0.15) is 0 Å². The van der Waals surface area contributed by atoms with Crippen LogP contribution in [0.3, 0.4) is 0 Å². The summed E-state index contributed by atoms with van der Waals surface area (Å²) in [6, 6.07) is 6.77. The van der Waals surface area contributed by atoms with E-state index >= 15 is 0 Å². The van der Waals surface area contributed by atoms with Crippen molar-refractivity contribution < 1.29 is 0 Å². The van der Waals surface area contributed by atoms with Gasteiger partial charge in [-0.25, -0.2) is 4.98 Å². The van der Waals surface area contributed by atoms with E-state index in [0.29, 0.717) is 18.1 Å². The molecule has 0 aliphatic carbocycles. The predicted octanol–water partition coefficient (Wildman–Crippen LogP) is 3.06. The quantitative estimate of drug-likeness (QED) is 0.805. The molecule has 1 unspecified atom stereocenters. The maximum absolute atomic E-state index is 12.8. The molecule has 24 heavy (non-hydrogen) atoms. The monoisotopic (exact) mass is 324 g/mol. The number of fused-ring (bicyclic) bond motifs is 3. The van der Waals surface area contributed by atoms with Crippen LogP contribution in [0.2, 0.25) is 0 Å². The molecule has 1 N–H and O–H groups in total. The minimum atomic E-state index is 0.0264. The normalized spacial score (nSPS) is 19.3. The first-order chi connectivity index (χ1) is 11.6. The van der Waals surface area contributed by atoms with Crippen molar-refractivity contribution in [2.45, 2.75) is 45.7 Å². The summed E-state index contributed by atoms with van der Waals surface area (Å²) in [5, 5.41) is 1.03. The average molecular weight is 324 g/mol. The van der Waals surface area contributed by atoms with Crippen molar-refractivity contribution in [3.05, 3.63) is 40.4 Å². The lowest BCUT2D eigenvalue weighted by Crippen LogP contribution is -2.40. The van der Waals surface area contributed by atoms with Gasteiger partial charge in [0.1, 0.15) is 11.0 Å². The standard InChI is InChI=1S/C19H24N4O/c1-13-6-7-16-15(11-13)17-18(21-16)19(24)23(12-20-17)10-9-22-8-4-3-5-14(22)2/h6-7,11-12,14,21H,3-5,8-10H2,1-2H3. The molecule has 5 nitrogen and oxygen atoms in total. The van der Waals surface area contributed by atoms with Crippen LogP contribution < -0.4 is 5.56 Å². The number of benzene rings is 1. The topological polar surface area (TPSA) is 53.9 Å². The van der Waals surface area contributed by atoms with Crippen LogP contribution in [-0.4, -0.2) is 38.6 Å². The number of piperidine rings is 1. The SMILES string of the molecule is Cc1ccc2[nH]c3c(=O)n(CCN4CCCCC4C)cnc3c2c1. The third-order valence-corrected chi connectivity index (χ3v) is 5.30. The molecule has 1 atom stereocenters. The largest absolute Gasteiger partial charge is 0.349 e. The maximum atomic E-state index is 12.8. The molecule has 0 saturated carbocycles. The number of rotatable bonds is 3. The number of nitrogens with one attached hydrogen (secondary N) is 1. The van der Waals surface area contributed by atoms with Crippen LogP contribution in [0.5, 0.6) is 0 Å². The molecule has 0 amide bonds. The molecule has 2 aromatic heterocycles. The van der Waals surface area contributed by atoms with E-state index in [-0.39, 0.29) is 5.56 Å². The molecule has 126 valence electrons. The lowest BCUT2D eigenvalue weighted by atomic mass is 10.0. The van der Waals surface area contributed by atoms with Crippen molar-refractivity contribution in [1.29, 1.82) is 0 Å². The van der Waals surface area contributed by atoms with E-state index in [1.165, 1.54) is 24.8 Å². The number of nitrogens with zero attached hydrogens (tertiary/aromatic N) is 3. The van der Waals surface area contributed by atoms with E-state index in [9.17, 15) is 4.79 Å². The fourth-order valence-corrected chi connectivity index (χ4v) is 3.79. The minimum Gasteiger partial charge on any atom is -0.349 e. The molecular weight excluding hydrogens is 300 g/mol. The number of aromatic nitrogens is 3. The molecule has 0 spiro atoms. The zero-order chi connectivity index (χ0) is 16.7. The first-order valence-electron chi connectivity index (χ1n) is 8.85. The van der Waals surface area contributed by atoms with Gasteiger partial charge in [0.15, 0.2) is 0 Å². The predicted molar refractivity (Wildman–Crippen MR) is 97.5 cm³/mol. The molecule has 1 aromatic carbocycles. The zero-order valence-electron chi connectivity index (χ0n) is 14.4. The highest BCUT2D eigenvalue weighted by Gasteiger charge is 2.18. The number of aryl methyl sites for hydroxylation is 1. The summed E-state index contributed by atoms with van der Waals surface area (Å²) in [5.74, 6) is 0. The number of hydrogen-bond donors (Lipinski definition) is 1. The fourth-order valence-electron chi connectivity index (χ4n) is 3.79. The van der Waals surface area contributed by atoms with E-state index < -0.39 is 0 Å². The molecule has 1 aliphatic heterocycles. The molecular formula is C19H24N4O. The number of H-pyrrole nitrogens is 1. The highest BCUT2D eigenvalue weighted by atomic mass is 16.1. The van der Waals surface area contributed by atoms with Gasteiger partial charge in [-0.1, -0.05) is 18.1 Å². The molecule has 4 rings (SSSR count). The van der Waals surface area contributed by atoms with Crippen LogP contribution in [-0.2, 0) is 6.54 Å². The van der Waals surface area contributed by atoms with Gasteiger partial charge in [0.25, 0.3) is 5.56 Å². The number of hydrogen-bond acceptors (Lipinski definition) is 3. The van der Waals surface area contributed by atoms with Crippen molar-refractivity contribution in [3.63, 3.8) is 0 Å². The van der Waals surface area contributed by atoms with Crippen LogP contribution in [0, 0.1) is 6.92 Å². The Morgan fingerprint density at radius 1 is 1.29 bits per heavy atom. The van der Waals surface area contributed by atoms with E-state index in [4.69, 9.17) is 0 Å². The second-order valence-corrected chi connectivity index (χ2v) is 7.02. The molecule has 3 aromatic rings. The second kappa shape index (κ2) is 6.06. The van der Waals surface area contributed by atoms with Crippen LogP contribution >= 0.6 is 0 Å². The van der Waals surface area contributed by atoms with Crippen molar-refractivity contribution in [3.8, 4) is 0 Å². The average Bonchev–Trinajstić information content (AvgIpc) is 2.94. The van der Waals surface area contributed by atoms with Gasteiger partial charge in [-0.15, -0.1) is 0 Å². The van der Waals surface area contributed by atoms with Gasteiger partial charge in [0.05, 0.1) is 6.33 Å². The number of likely N-dealkylation sites (tertiary alicyclic amines) is 1. The van der Waals surface area contributed by atoms with Crippen molar-refractivity contribution in [2.75, 3.05) is 13.1 Å². The van der Waals surface area contributed by atoms with Gasteiger partial charge in [-0.05, 0) is 45.4 Å². The lowest BCUT2D eigenvalue weighted by Gasteiger charge is -2.33. The molecule has 0 radical (unpaired) electrons. The van der Waals surface area contributed by atoms with Crippen molar-refractivity contribution in [1.82, 2.24) is 19.4 Å². The molecule has 1 fully saturated rings. The molecule has 5 heteroatoms. The smallest absolute Gasteiger partial charge is 0.277 e. The van der Waals surface area contributed by atoms with E-state index in [1.54, 1.807) is 10.9 Å². The summed E-state index contributed by atoms with van der Waals surface area (Å²) in [6.07, 6.45) is 5.54. The first-order valence-corrected chi connectivity index (χ1v) is 8.85. The fraction of sp³-hybridized carbons (Fsp3) is 0.474. The Bertz CT molecular complexity index is 940. The van der Waals surface area contributed by atoms with Crippen LogP contribution in [0.25, 0.3) is 21.9 Å². The Morgan fingerprint density at radius 2 is 2.17 bits per heavy atom. The summed E-state index contributed by atoms with van der Waals surface area (Å²) in [7, 11) is 0. The van der Waals surface area contributed by atoms with Crippen molar-refractivity contribution in [2.24, 2.45) is 0 Å². The summed E-state index contributed by atoms with van der Waals surface area (Å²) < 4.78 is 1.74. The highest BCUT2D eigenvalue weighted by Crippen LogP contribution is 2.22. The summed E-state index contributed by atoms with van der Waals surface area (Å²) >= 11 is 0. The van der Waals surface area contributed by atoms with Crippen molar-refractivity contribution >= 4 is 21.9 Å². The van der Waals surface area contributed by atoms with Crippen LogP contribution in [0.4, 0.5) is 0 Å². The summed E-state index contributed by atoms with van der Waals surface area (Å²) in [4.78, 5) is 23.1. The van der Waals surface area contributed by atoms with Gasteiger partial charge < -0.3 is 4.98 Å². The Kier molecular flexibility index (Phi) is 3.88. The highest BCUT2D eigenvalue weighted by molar-refractivity contribution is 6.04. The van der Waals surface area contributed by atoms with Gasteiger partial charge in [-0.3, -0.25) is 14.3 Å². The zero-order valence-corrected chi connectivity index (χ0v) is 14.4. The van der Waals surface area contributed by atoms with Gasteiger partial charge >= 0.3 is 0 Å². The third-order valence-electron chi connectivity index (χ3n) is 5.30. The van der Waals surface area contributed by atoms with Crippen LogP contribution in [0.1, 0.15) is 31.7 Å². The van der Waals surface area contributed by atoms with Gasteiger partial charge in [0, 0.05) is 30.0 Å². The molecule has 0 bridgehead atoms. The Balaban J connectivity index is 1.66. The van der Waals surface area contributed by atoms with E-state index in [2.05, 4.69) is 34.8 Å². The number of aromatic amines is 1. The minimum absolute atomic E-state index is 0.0264. The Morgan fingerprint density at radius 3 is 3.00 bits per heavy atom. The first kappa shape index (κ1) is 15.4. The summed E-state index contributed by atoms with van der Waals surface area (Å²) in [5.41, 5.74) is 3.57. The van der Waals surface area contributed by atoms with E-state index in [1.807, 2.05) is 12.1 Å². The van der Waals surface area contributed by atoms with Gasteiger partial charge in [0.2, 0.25) is 0 Å². The summed E-state index contributed by atoms with van der Waals surface area (Å²) in [6.45, 7) is 7.08. The second-order valence-electron chi connectivity index (χ2n) is 7.02. The molecule has 1 aliphatic rings. The van der Waals surface area contributed by atoms with E-state index in [0.717, 1.165) is 29.5 Å². The third kappa shape index (κ3) is 2.63. The molecule has 3 heterocycles. The Hall–Kier alpha value is -2.14. The Labute approximate surface area is 141 Å². The lowest BCUT2D eigenvalue weighted by molar-refractivity contribution is 0.154. The van der Waals surface area contributed by atoms with Crippen LogP contribution in [0.15, 0.2) is 29.3 Å². The maximum Gasteiger partial charge on any atom is 0.277 e.